The predicted octanol–water partition coefficient (Wildman–Crippen LogP) is 3.68. The third kappa shape index (κ3) is 3.88. The number of carbonyl (C=O) groups excluding carboxylic acids is 1. The normalized spacial score (nSPS) is 11.8. The molecule has 0 aliphatic heterocycles. The predicted molar refractivity (Wildman–Crippen MR) is 122 cm³/mol. The number of nitrogens with zero attached hydrogens (tertiary/aromatic N) is 6. The first-order chi connectivity index (χ1) is 14.9. The van der Waals surface area contributed by atoms with Gasteiger partial charge < -0.3 is 9.13 Å². The summed E-state index contributed by atoms with van der Waals surface area (Å²) in [5.74, 6) is 1.61. The van der Waals surface area contributed by atoms with Gasteiger partial charge in [0.05, 0.1) is 23.4 Å². The van der Waals surface area contributed by atoms with Crippen LogP contribution in [0.15, 0.2) is 47.7 Å². The van der Waals surface area contributed by atoms with E-state index in [9.17, 15) is 4.79 Å². The Morgan fingerprint density at radius 3 is 2.74 bits per heavy atom. The molecule has 1 aromatic carbocycles. The molecule has 1 N–H and O–H groups in total. The Kier molecular flexibility index (Phi) is 5.46. The molecular formula is C23H27N7O. The number of rotatable bonds is 6. The first-order valence-electron chi connectivity index (χ1n) is 10.3. The second-order valence-corrected chi connectivity index (χ2v) is 7.92. The molecule has 0 saturated carbocycles. The lowest BCUT2D eigenvalue weighted by molar-refractivity contribution is -0.121. The third-order valence-electron chi connectivity index (χ3n) is 5.38. The molecule has 0 bridgehead atoms. The van der Waals surface area contributed by atoms with E-state index in [1.807, 2.05) is 66.5 Å². The van der Waals surface area contributed by atoms with Gasteiger partial charge in [0.25, 0.3) is 5.91 Å². The van der Waals surface area contributed by atoms with Crippen LogP contribution < -0.4 is 5.43 Å². The molecule has 4 aromatic rings. The molecule has 0 aliphatic rings. The van der Waals surface area contributed by atoms with Crippen molar-refractivity contribution in [3.8, 4) is 5.82 Å². The number of nitrogens with one attached hydrogen (secondary N) is 1. The van der Waals surface area contributed by atoms with Crippen molar-refractivity contribution in [1.82, 2.24) is 29.3 Å². The highest BCUT2D eigenvalue weighted by Crippen LogP contribution is 2.21. The quantitative estimate of drug-likeness (QED) is 0.384. The van der Waals surface area contributed by atoms with E-state index in [1.165, 1.54) is 0 Å². The van der Waals surface area contributed by atoms with Crippen LogP contribution in [0.1, 0.15) is 42.7 Å². The summed E-state index contributed by atoms with van der Waals surface area (Å²) >= 11 is 0. The molecule has 0 atom stereocenters. The van der Waals surface area contributed by atoms with Crippen molar-refractivity contribution in [2.45, 2.75) is 47.2 Å². The van der Waals surface area contributed by atoms with Crippen molar-refractivity contribution < 1.29 is 4.79 Å². The number of aromatic nitrogens is 5. The molecule has 8 heteroatoms. The Morgan fingerprint density at radius 1 is 1.19 bits per heavy atom. The molecule has 4 rings (SSSR count). The fraction of sp³-hybridized carbons (Fsp3) is 0.304. The molecule has 0 unspecified atom stereocenters. The van der Waals surface area contributed by atoms with Crippen molar-refractivity contribution in [2.75, 3.05) is 0 Å². The Labute approximate surface area is 181 Å². The van der Waals surface area contributed by atoms with Crippen LogP contribution in [0.4, 0.5) is 0 Å². The zero-order valence-corrected chi connectivity index (χ0v) is 18.5. The van der Waals surface area contributed by atoms with Crippen molar-refractivity contribution in [2.24, 2.45) is 5.10 Å². The molecule has 0 saturated heterocycles. The molecule has 1 amide bonds. The van der Waals surface area contributed by atoms with Crippen LogP contribution in [0.5, 0.6) is 0 Å². The van der Waals surface area contributed by atoms with Gasteiger partial charge in [-0.05, 0) is 52.8 Å². The van der Waals surface area contributed by atoms with E-state index in [-0.39, 0.29) is 18.5 Å². The van der Waals surface area contributed by atoms with Gasteiger partial charge in [0.2, 0.25) is 0 Å². The molecule has 0 fully saturated rings. The fourth-order valence-corrected chi connectivity index (χ4v) is 3.90. The molecule has 31 heavy (non-hydrogen) atoms. The largest absolute Gasteiger partial charge is 0.319 e. The zero-order chi connectivity index (χ0) is 22.1. The molecule has 0 aliphatic carbocycles. The Hall–Kier alpha value is -3.68. The summed E-state index contributed by atoms with van der Waals surface area (Å²) in [6, 6.07) is 12.1. The number of carbonyl (C=O) groups is 1. The van der Waals surface area contributed by atoms with Crippen LogP contribution in [-0.4, -0.2) is 36.0 Å². The summed E-state index contributed by atoms with van der Waals surface area (Å²) in [5, 5.41) is 8.62. The number of hydrogen-bond donors (Lipinski definition) is 1. The number of imidazole rings is 1. The SMILES string of the molecule is Cc1cc(/C=N\NC(=O)Cn2c(C)nc3ccccc32)c(C)n1-c1ccnn1C(C)C. The zero-order valence-electron chi connectivity index (χ0n) is 18.5. The number of fused-ring (bicyclic) bond motifs is 1. The monoisotopic (exact) mass is 417 g/mol. The Balaban J connectivity index is 1.50. The maximum absolute atomic E-state index is 12.5. The minimum Gasteiger partial charge on any atom is -0.319 e. The lowest BCUT2D eigenvalue weighted by Gasteiger charge is -2.15. The van der Waals surface area contributed by atoms with Gasteiger partial charge in [-0.25, -0.2) is 15.1 Å². The molecule has 3 aromatic heterocycles. The van der Waals surface area contributed by atoms with Gasteiger partial charge in [0, 0.05) is 29.1 Å². The minimum atomic E-state index is -0.200. The fourth-order valence-electron chi connectivity index (χ4n) is 3.90. The number of hydrazone groups is 1. The van der Waals surface area contributed by atoms with E-state index in [4.69, 9.17) is 0 Å². The third-order valence-corrected chi connectivity index (χ3v) is 5.38. The second kappa shape index (κ2) is 8.22. The van der Waals surface area contributed by atoms with Crippen LogP contribution in [0.2, 0.25) is 0 Å². The average Bonchev–Trinajstić information content (AvgIpc) is 3.39. The van der Waals surface area contributed by atoms with Crippen LogP contribution in [0.25, 0.3) is 16.9 Å². The first-order valence-corrected chi connectivity index (χ1v) is 10.3. The maximum Gasteiger partial charge on any atom is 0.260 e. The molecule has 8 nitrogen and oxygen atoms in total. The van der Waals surface area contributed by atoms with Crippen LogP contribution in [0, 0.1) is 20.8 Å². The number of hydrogen-bond acceptors (Lipinski definition) is 4. The van der Waals surface area contributed by atoms with E-state index >= 15 is 0 Å². The van der Waals surface area contributed by atoms with Gasteiger partial charge >= 0.3 is 0 Å². The van der Waals surface area contributed by atoms with Gasteiger partial charge in [-0.15, -0.1) is 0 Å². The molecule has 0 spiro atoms. The standard InChI is InChI=1S/C23H27N7O/c1-15(2)30-23(10-11-25-30)29-16(3)12-19(17(29)4)13-24-27-22(31)14-28-18(5)26-20-8-6-7-9-21(20)28/h6-13,15H,14H2,1-5H3,(H,27,31)/b24-13-. The van der Waals surface area contributed by atoms with Crippen molar-refractivity contribution >= 4 is 23.2 Å². The highest BCUT2D eigenvalue weighted by Gasteiger charge is 2.15. The van der Waals surface area contributed by atoms with Gasteiger partial charge in [0.15, 0.2) is 0 Å². The molecular weight excluding hydrogens is 390 g/mol. The van der Waals surface area contributed by atoms with Crippen LogP contribution in [-0.2, 0) is 11.3 Å². The Bertz CT molecular complexity index is 1270. The van der Waals surface area contributed by atoms with E-state index in [0.29, 0.717) is 0 Å². The number of para-hydroxylation sites is 2. The van der Waals surface area contributed by atoms with Crippen LogP contribution in [0.3, 0.4) is 0 Å². The van der Waals surface area contributed by atoms with Crippen molar-refractivity contribution in [3.63, 3.8) is 0 Å². The number of amides is 1. The molecule has 0 radical (unpaired) electrons. The smallest absolute Gasteiger partial charge is 0.260 e. The minimum absolute atomic E-state index is 0.163. The van der Waals surface area contributed by atoms with Crippen molar-refractivity contribution in [1.29, 1.82) is 0 Å². The highest BCUT2D eigenvalue weighted by molar-refractivity contribution is 5.85. The Morgan fingerprint density at radius 2 is 1.97 bits per heavy atom. The van der Waals surface area contributed by atoms with E-state index < -0.39 is 0 Å². The number of benzene rings is 1. The summed E-state index contributed by atoms with van der Waals surface area (Å²) in [5.41, 5.74) is 7.51. The summed E-state index contributed by atoms with van der Waals surface area (Å²) in [6.07, 6.45) is 3.50. The summed E-state index contributed by atoms with van der Waals surface area (Å²) < 4.78 is 6.02. The van der Waals surface area contributed by atoms with Gasteiger partial charge in [-0.3, -0.25) is 4.79 Å². The summed E-state index contributed by atoms with van der Waals surface area (Å²) in [4.78, 5) is 17.0. The number of aryl methyl sites for hydroxylation is 2. The lowest BCUT2D eigenvalue weighted by atomic mass is 10.3. The highest BCUT2D eigenvalue weighted by atomic mass is 16.2. The van der Waals surface area contributed by atoms with E-state index in [2.05, 4.69) is 45.1 Å². The summed E-state index contributed by atoms with van der Waals surface area (Å²) in [7, 11) is 0. The van der Waals surface area contributed by atoms with Gasteiger partial charge in [0.1, 0.15) is 18.2 Å². The van der Waals surface area contributed by atoms with Gasteiger partial charge in [-0.1, -0.05) is 12.1 Å². The second-order valence-electron chi connectivity index (χ2n) is 7.92. The van der Waals surface area contributed by atoms with E-state index in [0.717, 1.165) is 39.6 Å². The molecule has 3 heterocycles. The first kappa shape index (κ1) is 20.6. The topological polar surface area (TPSA) is 82.0 Å². The lowest BCUT2D eigenvalue weighted by Crippen LogP contribution is -2.23. The average molecular weight is 418 g/mol. The maximum atomic E-state index is 12.5. The van der Waals surface area contributed by atoms with E-state index in [1.54, 1.807) is 6.21 Å². The van der Waals surface area contributed by atoms with Crippen molar-refractivity contribution in [3.05, 3.63) is 65.4 Å². The summed E-state index contributed by atoms with van der Waals surface area (Å²) in [6.45, 7) is 10.4. The van der Waals surface area contributed by atoms with Gasteiger partial charge in [-0.2, -0.15) is 10.2 Å². The van der Waals surface area contributed by atoms with Crippen LogP contribution >= 0.6 is 0 Å². The molecule has 160 valence electrons.